The molecule has 1 saturated heterocycles. The molecule has 0 aliphatic carbocycles. The standard InChI is InChI=1S/C12H15ClN2O4/c13-10-2-1-9(19-10)12(17)14-4-3-11(16)15-5-7-18-8-6-15/h1-2H,3-8H2,(H,14,17). The summed E-state index contributed by atoms with van der Waals surface area (Å²) in [5.74, 6) is -0.216. The minimum atomic E-state index is -0.373. The molecule has 1 aliphatic heterocycles. The normalized spacial score (nSPS) is 15.3. The molecule has 1 aromatic heterocycles. The predicted octanol–water partition coefficient (Wildman–Crippen LogP) is 0.912. The van der Waals surface area contributed by atoms with E-state index in [1.54, 1.807) is 4.90 Å². The number of nitrogens with zero attached hydrogens (tertiary/aromatic N) is 1. The lowest BCUT2D eigenvalue weighted by Crippen LogP contribution is -2.42. The first-order valence-electron chi connectivity index (χ1n) is 6.06. The summed E-state index contributed by atoms with van der Waals surface area (Å²) >= 11 is 5.57. The molecule has 2 heterocycles. The lowest BCUT2D eigenvalue weighted by Gasteiger charge is -2.26. The zero-order chi connectivity index (χ0) is 13.7. The van der Waals surface area contributed by atoms with Gasteiger partial charge in [-0.05, 0) is 23.7 Å². The molecule has 0 spiro atoms. The number of hydrogen-bond donors (Lipinski definition) is 1. The van der Waals surface area contributed by atoms with Gasteiger partial charge in [0.05, 0.1) is 13.2 Å². The average Bonchev–Trinajstić information content (AvgIpc) is 2.86. The number of hydrogen-bond acceptors (Lipinski definition) is 4. The van der Waals surface area contributed by atoms with Gasteiger partial charge >= 0.3 is 0 Å². The van der Waals surface area contributed by atoms with Crippen molar-refractivity contribution in [1.29, 1.82) is 0 Å². The maximum Gasteiger partial charge on any atom is 0.287 e. The summed E-state index contributed by atoms with van der Waals surface area (Å²) < 4.78 is 10.1. The Balaban J connectivity index is 1.71. The SMILES string of the molecule is O=C(NCCC(=O)N1CCOCC1)c1ccc(Cl)o1. The summed E-state index contributed by atoms with van der Waals surface area (Å²) in [6.45, 7) is 2.64. The van der Waals surface area contributed by atoms with Gasteiger partial charge in [0.2, 0.25) is 5.91 Å². The van der Waals surface area contributed by atoms with E-state index in [-0.39, 0.29) is 35.8 Å². The number of nitrogens with one attached hydrogen (secondary N) is 1. The van der Waals surface area contributed by atoms with Crippen LogP contribution in [0, 0.1) is 0 Å². The van der Waals surface area contributed by atoms with Gasteiger partial charge in [-0.1, -0.05) is 0 Å². The van der Waals surface area contributed by atoms with E-state index in [0.717, 1.165) is 0 Å². The van der Waals surface area contributed by atoms with Crippen molar-refractivity contribution in [3.63, 3.8) is 0 Å². The van der Waals surface area contributed by atoms with Crippen LogP contribution in [0.15, 0.2) is 16.5 Å². The molecule has 104 valence electrons. The van der Waals surface area contributed by atoms with Gasteiger partial charge in [-0.3, -0.25) is 9.59 Å². The van der Waals surface area contributed by atoms with E-state index in [1.165, 1.54) is 12.1 Å². The van der Waals surface area contributed by atoms with Crippen molar-refractivity contribution in [2.75, 3.05) is 32.8 Å². The van der Waals surface area contributed by atoms with E-state index in [9.17, 15) is 9.59 Å². The van der Waals surface area contributed by atoms with Crippen molar-refractivity contribution < 1.29 is 18.7 Å². The third-order valence-corrected chi connectivity index (χ3v) is 2.99. The topological polar surface area (TPSA) is 71.8 Å². The van der Waals surface area contributed by atoms with E-state index in [4.69, 9.17) is 20.8 Å². The summed E-state index contributed by atoms with van der Waals surface area (Å²) in [4.78, 5) is 25.1. The van der Waals surface area contributed by atoms with Crippen LogP contribution in [0.5, 0.6) is 0 Å². The van der Waals surface area contributed by atoms with Gasteiger partial charge < -0.3 is 19.4 Å². The van der Waals surface area contributed by atoms with E-state index in [0.29, 0.717) is 26.3 Å². The van der Waals surface area contributed by atoms with Gasteiger partial charge in [-0.2, -0.15) is 0 Å². The highest BCUT2D eigenvalue weighted by molar-refractivity contribution is 6.29. The monoisotopic (exact) mass is 286 g/mol. The molecule has 0 unspecified atom stereocenters. The summed E-state index contributed by atoms with van der Waals surface area (Å²) in [7, 11) is 0. The molecule has 7 heteroatoms. The predicted molar refractivity (Wildman–Crippen MR) is 68.1 cm³/mol. The number of carbonyl (C=O) groups excluding carboxylic acids is 2. The van der Waals surface area contributed by atoms with Crippen LogP contribution in [0.25, 0.3) is 0 Å². The van der Waals surface area contributed by atoms with Crippen LogP contribution in [0.4, 0.5) is 0 Å². The minimum Gasteiger partial charge on any atom is -0.440 e. The fourth-order valence-corrected chi connectivity index (χ4v) is 1.92. The Morgan fingerprint density at radius 2 is 2.05 bits per heavy atom. The lowest BCUT2D eigenvalue weighted by atomic mass is 10.3. The molecule has 0 aromatic carbocycles. The second kappa shape index (κ2) is 6.58. The Morgan fingerprint density at radius 3 is 2.68 bits per heavy atom. The first-order valence-corrected chi connectivity index (χ1v) is 6.43. The highest BCUT2D eigenvalue weighted by Crippen LogP contribution is 2.12. The molecule has 19 heavy (non-hydrogen) atoms. The minimum absolute atomic E-state index is 0.0149. The smallest absolute Gasteiger partial charge is 0.287 e. The van der Waals surface area contributed by atoms with Crippen molar-refractivity contribution in [3.05, 3.63) is 23.1 Å². The fraction of sp³-hybridized carbons (Fsp3) is 0.500. The average molecular weight is 287 g/mol. The zero-order valence-electron chi connectivity index (χ0n) is 10.4. The number of furan rings is 1. The lowest BCUT2D eigenvalue weighted by molar-refractivity contribution is -0.135. The second-order valence-corrected chi connectivity index (χ2v) is 4.48. The Hall–Kier alpha value is -1.53. The van der Waals surface area contributed by atoms with Crippen molar-refractivity contribution >= 4 is 23.4 Å². The van der Waals surface area contributed by atoms with Crippen molar-refractivity contribution in [2.45, 2.75) is 6.42 Å². The number of amides is 2. The Labute approximate surface area is 115 Å². The van der Waals surface area contributed by atoms with Crippen molar-refractivity contribution in [3.8, 4) is 0 Å². The second-order valence-electron chi connectivity index (χ2n) is 4.10. The molecular formula is C12H15ClN2O4. The van der Waals surface area contributed by atoms with Gasteiger partial charge in [-0.25, -0.2) is 0 Å². The number of ether oxygens (including phenoxy) is 1. The van der Waals surface area contributed by atoms with E-state index < -0.39 is 0 Å². The van der Waals surface area contributed by atoms with E-state index >= 15 is 0 Å². The van der Waals surface area contributed by atoms with Gasteiger partial charge in [0.15, 0.2) is 11.0 Å². The summed E-state index contributed by atoms with van der Waals surface area (Å²) in [5.41, 5.74) is 0. The molecule has 2 rings (SSSR count). The number of rotatable bonds is 4. The number of carbonyl (C=O) groups is 2. The quantitative estimate of drug-likeness (QED) is 0.893. The van der Waals surface area contributed by atoms with Crippen LogP contribution >= 0.6 is 11.6 Å². The molecule has 1 aromatic rings. The zero-order valence-corrected chi connectivity index (χ0v) is 11.1. The van der Waals surface area contributed by atoms with Crippen LogP contribution in [0.1, 0.15) is 17.0 Å². The first-order chi connectivity index (χ1) is 9.16. The molecule has 0 radical (unpaired) electrons. The van der Waals surface area contributed by atoms with Crippen LogP contribution in [0.2, 0.25) is 5.22 Å². The van der Waals surface area contributed by atoms with Gasteiger partial charge in [-0.15, -0.1) is 0 Å². The molecule has 0 bridgehead atoms. The van der Waals surface area contributed by atoms with Gasteiger partial charge in [0.25, 0.3) is 5.91 Å². The van der Waals surface area contributed by atoms with Gasteiger partial charge in [0.1, 0.15) is 0 Å². The summed E-state index contributed by atoms with van der Waals surface area (Å²) in [6, 6.07) is 2.98. The fourth-order valence-electron chi connectivity index (χ4n) is 1.78. The molecule has 0 saturated carbocycles. The van der Waals surface area contributed by atoms with E-state index in [2.05, 4.69) is 5.32 Å². The first kappa shape index (κ1) is 13.9. The van der Waals surface area contributed by atoms with Crippen LogP contribution in [0.3, 0.4) is 0 Å². The maximum atomic E-state index is 11.8. The van der Waals surface area contributed by atoms with Crippen molar-refractivity contribution in [2.24, 2.45) is 0 Å². The highest BCUT2D eigenvalue weighted by Gasteiger charge is 2.17. The molecule has 1 N–H and O–H groups in total. The maximum absolute atomic E-state index is 11.8. The third-order valence-electron chi connectivity index (χ3n) is 2.79. The molecule has 0 atom stereocenters. The van der Waals surface area contributed by atoms with Gasteiger partial charge in [0, 0.05) is 26.1 Å². The largest absolute Gasteiger partial charge is 0.440 e. The highest BCUT2D eigenvalue weighted by atomic mass is 35.5. The Morgan fingerprint density at radius 1 is 1.32 bits per heavy atom. The van der Waals surface area contributed by atoms with Crippen LogP contribution < -0.4 is 5.32 Å². The van der Waals surface area contributed by atoms with Crippen LogP contribution in [-0.2, 0) is 9.53 Å². The number of halogens is 1. The molecule has 6 nitrogen and oxygen atoms in total. The molecular weight excluding hydrogens is 272 g/mol. The Kier molecular flexibility index (Phi) is 4.81. The number of morpholine rings is 1. The molecule has 1 fully saturated rings. The summed E-state index contributed by atoms with van der Waals surface area (Å²) in [5, 5.41) is 2.77. The Bertz CT molecular complexity index is 454. The van der Waals surface area contributed by atoms with Crippen LogP contribution in [-0.4, -0.2) is 49.6 Å². The summed E-state index contributed by atoms with van der Waals surface area (Å²) in [6.07, 6.45) is 0.264. The van der Waals surface area contributed by atoms with Crippen molar-refractivity contribution in [1.82, 2.24) is 10.2 Å². The molecule has 1 aliphatic rings. The molecule has 2 amide bonds. The third kappa shape index (κ3) is 3.97. The van der Waals surface area contributed by atoms with E-state index in [1.807, 2.05) is 0 Å².